The lowest BCUT2D eigenvalue weighted by Crippen LogP contribution is -2.37. The third kappa shape index (κ3) is 4.87. The number of carboxylic acid groups (broad SMARTS) is 1. The lowest BCUT2D eigenvalue weighted by atomic mass is 10.1. The summed E-state index contributed by atoms with van der Waals surface area (Å²) in [5, 5.41) is 15.7. The van der Waals surface area contributed by atoms with Gasteiger partial charge >= 0.3 is 12.5 Å². The molecule has 2 heterocycles. The second-order valence-electron chi connectivity index (χ2n) is 7.12. The normalized spacial score (nSPS) is 13.0. The minimum atomic E-state index is -4.90. The van der Waals surface area contributed by atoms with Crippen LogP contribution >= 0.6 is 11.6 Å². The van der Waals surface area contributed by atoms with Gasteiger partial charge < -0.3 is 20.1 Å². The quantitative estimate of drug-likeness (QED) is 0.570. The minimum Gasteiger partial charge on any atom is -0.465 e. The number of ether oxygens (including phenoxy) is 1. The van der Waals surface area contributed by atoms with Crippen molar-refractivity contribution in [3.63, 3.8) is 0 Å². The molecular weight excluding hydrogens is 465 g/mol. The molecule has 1 aromatic heterocycles. The van der Waals surface area contributed by atoms with Crippen LogP contribution in [-0.2, 0) is 17.9 Å². The average molecular weight is 481 g/mol. The number of hydrogen-bond donors (Lipinski definition) is 2. The molecule has 2 amide bonds. The molecule has 172 valence electrons. The second-order valence-corrected chi connectivity index (χ2v) is 7.55. The predicted molar refractivity (Wildman–Crippen MR) is 111 cm³/mol. The summed E-state index contributed by atoms with van der Waals surface area (Å²) in [6, 6.07) is 12.3. The van der Waals surface area contributed by atoms with E-state index in [-0.39, 0.29) is 18.8 Å². The Morgan fingerprint density at radius 2 is 1.82 bits per heavy atom. The number of para-hydroxylation sites is 2. The van der Waals surface area contributed by atoms with Crippen LogP contribution in [0.3, 0.4) is 0 Å². The zero-order valence-corrected chi connectivity index (χ0v) is 17.5. The van der Waals surface area contributed by atoms with Crippen molar-refractivity contribution in [1.82, 2.24) is 20.0 Å². The predicted octanol–water partition coefficient (Wildman–Crippen LogP) is 4.20. The number of aromatic nitrogens is 2. The van der Waals surface area contributed by atoms with Crippen LogP contribution < -0.4 is 10.1 Å². The molecule has 0 spiro atoms. The smallest absolute Gasteiger partial charge is 0.465 e. The van der Waals surface area contributed by atoms with Crippen LogP contribution in [0.5, 0.6) is 5.75 Å². The molecule has 0 bridgehead atoms. The first-order valence-electron chi connectivity index (χ1n) is 9.59. The number of nitrogens with one attached hydrogen (secondary N) is 1. The van der Waals surface area contributed by atoms with Crippen molar-refractivity contribution in [2.75, 3.05) is 6.54 Å². The van der Waals surface area contributed by atoms with Crippen LogP contribution in [-0.4, -0.2) is 44.7 Å². The molecule has 0 aliphatic carbocycles. The molecule has 0 unspecified atom stereocenters. The molecule has 4 rings (SSSR count). The number of nitrogens with zero attached hydrogens (tertiary/aromatic N) is 3. The monoisotopic (exact) mass is 480 g/mol. The third-order valence-corrected chi connectivity index (χ3v) is 5.19. The lowest BCUT2D eigenvalue weighted by Gasteiger charge is -2.18. The first-order chi connectivity index (χ1) is 15.6. The summed E-state index contributed by atoms with van der Waals surface area (Å²) in [5.41, 5.74) is 2.27. The van der Waals surface area contributed by atoms with Crippen molar-refractivity contribution in [2.24, 2.45) is 0 Å². The van der Waals surface area contributed by atoms with Gasteiger partial charge in [0.1, 0.15) is 12.2 Å². The van der Waals surface area contributed by atoms with Gasteiger partial charge in [0.05, 0.1) is 24.5 Å². The minimum absolute atomic E-state index is 0.0691. The summed E-state index contributed by atoms with van der Waals surface area (Å²) in [4.78, 5) is 24.5. The van der Waals surface area contributed by atoms with Gasteiger partial charge in [-0.25, -0.2) is 9.48 Å². The third-order valence-electron chi connectivity index (χ3n) is 4.94. The van der Waals surface area contributed by atoms with Gasteiger partial charge in [0, 0.05) is 16.1 Å². The Hall–Kier alpha value is -3.73. The molecule has 1 aliphatic heterocycles. The topological polar surface area (TPSA) is 96.7 Å². The van der Waals surface area contributed by atoms with Gasteiger partial charge in [-0.2, -0.15) is 5.10 Å². The van der Waals surface area contributed by atoms with E-state index in [9.17, 15) is 22.8 Å². The molecule has 2 aromatic carbocycles. The first kappa shape index (κ1) is 22.5. The maximum Gasteiger partial charge on any atom is 0.573 e. The molecule has 0 atom stereocenters. The van der Waals surface area contributed by atoms with Crippen molar-refractivity contribution < 1.29 is 32.6 Å². The van der Waals surface area contributed by atoms with Crippen molar-refractivity contribution in [1.29, 1.82) is 0 Å². The molecule has 3 aromatic rings. The summed E-state index contributed by atoms with van der Waals surface area (Å²) < 4.78 is 44.5. The number of amides is 2. The number of carbonyl (C=O) groups is 2. The molecule has 1 aliphatic rings. The van der Waals surface area contributed by atoms with Crippen LogP contribution in [0.4, 0.5) is 18.0 Å². The highest BCUT2D eigenvalue weighted by Gasteiger charge is 2.35. The summed E-state index contributed by atoms with van der Waals surface area (Å²) >= 11 is 5.99. The molecule has 8 nitrogen and oxygen atoms in total. The Labute approximate surface area is 190 Å². The van der Waals surface area contributed by atoms with Gasteiger partial charge in [-0.05, 0) is 24.3 Å². The Kier molecular flexibility index (Phi) is 5.90. The van der Waals surface area contributed by atoms with Crippen molar-refractivity contribution in [3.05, 3.63) is 64.8 Å². The number of halogens is 4. The van der Waals surface area contributed by atoms with Crippen LogP contribution in [0.2, 0.25) is 5.02 Å². The highest BCUT2D eigenvalue weighted by molar-refractivity contribution is 6.30. The summed E-state index contributed by atoms with van der Waals surface area (Å²) in [6.45, 7) is -0.223. The Balaban J connectivity index is 1.78. The van der Waals surface area contributed by atoms with E-state index in [1.807, 2.05) is 5.32 Å². The van der Waals surface area contributed by atoms with E-state index in [4.69, 9.17) is 16.7 Å². The lowest BCUT2D eigenvalue weighted by molar-refractivity contribution is -0.274. The van der Waals surface area contributed by atoms with Crippen molar-refractivity contribution >= 4 is 23.6 Å². The molecular formula is C21H16ClF3N4O4. The highest BCUT2D eigenvalue weighted by atomic mass is 35.5. The van der Waals surface area contributed by atoms with Crippen LogP contribution in [0, 0.1) is 0 Å². The van der Waals surface area contributed by atoms with Gasteiger partial charge in [0.25, 0.3) is 0 Å². The number of carbonyl (C=O) groups excluding carboxylic acids is 1. The number of fused-ring (bicyclic) bond motifs is 1. The second kappa shape index (κ2) is 8.66. The summed E-state index contributed by atoms with van der Waals surface area (Å²) in [5.74, 6) is -0.884. The van der Waals surface area contributed by atoms with Gasteiger partial charge in [-0.3, -0.25) is 4.79 Å². The standard InChI is InChI=1S/C21H16ClF3N4O4/c22-13-7-5-12(6-8-13)19-14-10-28(18(30)9-26-20(31)32)11-15(14)27-29(19)16-3-1-2-4-17(16)33-21(23,24)25/h1-8,26H,9-11H2,(H,31,32). The summed E-state index contributed by atoms with van der Waals surface area (Å²) in [7, 11) is 0. The van der Waals surface area contributed by atoms with Crippen LogP contribution in [0.15, 0.2) is 48.5 Å². The van der Waals surface area contributed by atoms with E-state index in [1.165, 1.54) is 27.8 Å². The van der Waals surface area contributed by atoms with Crippen molar-refractivity contribution in [3.8, 4) is 22.7 Å². The largest absolute Gasteiger partial charge is 0.573 e. The van der Waals surface area contributed by atoms with E-state index in [0.717, 1.165) is 0 Å². The van der Waals surface area contributed by atoms with E-state index < -0.39 is 30.7 Å². The zero-order valence-electron chi connectivity index (χ0n) is 16.8. The molecule has 0 radical (unpaired) electrons. The Morgan fingerprint density at radius 1 is 1.12 bits per heavy atom. The van der Waals surface area contributed by atoms with E-state index in [0.29, 0.717) is 27.5 Å². The van der Waals surface area contributed by atoms with Crippen LogP contribution in [0.1, 0.15) is 11.3 Å². The number of hydrogen-bond acceptors (Lipinski definition) is 4. The fourth-order valence-corrected chi connectivity index (χ4v) is 3.70. The van der Waals surface area contributed by atoms with Crippen LogP contribution in [0.25, 0.3) is 16.9 Å². The van der Waals surface area contributed by atoms with Gasteiger partial charge in [-0.15, -0.1) is 13.2 Å². The fraction of sp³-hybridized carbons (Fsp3) is 0.190. The first-order valence-corrected chi connectivity index (χ1v) is 9.96. The average Bonchev–Trinajstić information content (AvgIpc) is 3.30. The highest BCUT2D eigenvalue weighted by Crippen LogP contribution is 2.38. The summed E-state index contributed by atoms with van der Waals surface area (Å²) in [6.07, 6.45) is -6.22. The molecule has 12 heteroatoms. The van der Waals surface area contributed by atoms with E-state index >= 15 is 0 Å². The van der Waals surface area contributed by atoms with Gasteiger partial charge in [0.15, 0.2) is 5.75 Å². The molecule has 0 saturated heterocycles. The maximum atomic E-state index is 13.0. The molecule has 0 saturated carbocycles. The zero-order chi connectivity index (χ0) is 23.8. The van der Waals surface area contributed by atoms with E-state index in [2.05, 4.69) is 9.84 Å². The SMILES string of the molecule is O=C(O)NCC(=O)N1Cc2nn(-c3ccccc3OC(F)(F)F)c(-c3ccc(Cl)cc3)c2C1. The van der Waals surface area contributed by atoms with Gasteiger partial charge in [-0.1, -0.05) is 35.9 Å². The maximum absolute atomic E-state index is 13.0. The molecule has 0 fully saturated rings. The molecule has 2 N–H and O–H groups in total. The van der Waals surface area contributed by atoms with E-state index in [1.54, 1.807) is 30.3 Å². The Morgan fingerprint density at radius 3 is 2.48 bits per heavy atom. The number of rotatable bonds is 5. The fourth-order valence-electron chi connectivity index (χ4n) is 3.58. The molecule has 33 heavy (non-hydrogen) atoms. The van der Waals surface area contributed by atoms with Gasteiger partial charge in [0.2, 0.25) is 5.91 Å². The van der Waals surface area contributed by atoms with Crippen molar-refractivity contribution in [2.45, 2.75) is 19.5 Å². The number of alkyl halides is 3. The number of benzene rings is 2. The Bertz CT molecular complexity index is 1210.